The molecule has 0 radical (unpaired) electrons. The summed E-state index contributed by atoms with van der Waals surface area (Å²) in [6.45, 7) is -1.40. The van der Waals surface area contributed by atoms with Crippen LogP contribution in [0.3, 0.4) is 0 Å². The average molecular weight is 178 g/mol. The van der Waals surface area contributed by atoms with Crippen LogP contribution in [0.4, 0.5) is 4.79 Å². The molecule has 1 aliphatic rings. The Morgan fingerprint density at radius 3 is 1.58 bits per heavy atom. The molecule has 7 heteroatoms. The normalized spacial score (nSPS) is 30.2. The Hall–Kier alpha value is -0.890. The van der Waals surface area contributed by atoms with Crippen LogP contribution in [0.2, 0.25) is 0 Å². The number of nitrogens with zero attached hydrogens (tertiary/aromatic N) is 2. The second-order valence-electron chi connectivity index (χ2n) is 2.33. The second kappa shape index (κ2) is 3.23. The van der Waals surface area contributed by atoms with Gasteiger partial charge in [-0.25, -0.2) is 4.79 Å². The van der Waals surface area contributed by atoms with E-state index < -0.39 is 31.9 Å². The molecule has 0 aromatic carbocycles. The van der Waals surface area contributed by atoms with E-state index in [1.807, 2.05) is 0 Å². The lowest BCUT2D eigenvalue weighted by Crippen LogP contribution is -2.37. The minimum atomic E-state index is -1.49. The Morgan fingerprint density at radius 2 is 1.42 bits per heavy atom. The number of hydrogen-bond acceptors (Lipinski definition) is 5. The number of amides is 2. The van der Waals surface area contributed by atoms with Crippen molar-refractivity contribution in [1.82, 2.24) is 9.80 Å². The molecule has 4 N–H and O–H groups in total. The minimum absolute atomic E-state index is 0.626. The van der Waals surface area contributed by atoms with Crippen LogP contribution in [0.1, 0.15) is 0 Å². The molecule has 12 heavy (non-hydrogen) atoms. The second-order valence-corrected chi connectivity index (χ2v) is 2.33. The van der Waals surface area contributed by atoms with Gasteiger partial charge in [0.25, 0.3) is 0 Å². The highest BCUT2D eigenvalue weighted by Gasteiger charge is 2.43. The maximum Gasteiger partial charge on any atom is 0.328 e. The van der Waals surface area contributed by atoms with Gasteiger partial charge in [0.1, 0.15) is 13.5 Å². The van der Waals surface area contributed by atoms with E-state index in [4.69, 9.17) is 20.4 Å². The SMILES string of the molecule is O=C1N(CO)[C@@H](O)[C@H](O)N1CO. The summed E-state index contributed by atoms with van der Waals surface area (Å²) >= 11 is 0. The molecule has 2 atom stereocenters. The van der Waals surface area contributed by atoms with Gasteiger partial charge < -0.3 is 20.4 Å². The zero-order valence-electron chi connectivity index (χ0n) is 6.16. The molecule has 0 saturated carbocycles. The monoisotopic (exact) mass is 178 g/mol. The van der Waals surface area contributed by atoms with Crippen LogP contribution in [-0.4, -0.2) is 62.2 Å². The van der Waals surface area contributed by atoms with Crippen molar-refractivity contribution in [3.05, 3.63) is 0 Å². The molecule has 0 aromatic heterocycles. The number of urea groups is 1. The summed E-state index contributed by atoms with van der Waals surface area (Å²) < 4.78 is 0. The summed E-state index contributed by atoms with van der Waals surface area (Å²) in [6.07, 6.45) is -2.98. The van der Waals surface area contributed by atoms with Crippen LogP contribution < -0.4 is 0 Å². The summed E-state index contributed by atoms with van der Waals surface area (Å²) in [5.41, 5.74) is 0. The fourth-order valence-corrected chi connectivity index (χ4v) is 1.00. The van der Waals surface area contributed by atoms with E-state index in [2.05, 4.69) is 0 Å². The zero-order valence-corrected chi connectivity index (χ0v) is 6.16. The quantitative estimate of drug-likeness (QED) is 0.367. The Kier molecular flexibility index (Phi) is 2.48. The van der Waals surface area contributed by atoms with Gasteiger partial charge in [-0.05, 0) is 0 Å². The van der Waals surface area contributed by atoms with Crippen LogP contribution in [-0.2, 0) is 0 Å². The van der Waals surface area contributed by atoms with Gasteiger partial charge in [0, 0.05) is 0 Å². The number of carbonyl (C=O) groups excluding carboxylic acids is 1. The number of aliphatic hydroxyl groups excluding tert-OH is 4. The molecule has 0 unspecified atom stereocenters. The molecule has 0 aromatic rings. The Labute approximate surface area is 68.1 Å². The fraction of sp³-hybridized carbons (Fsp3) is 0.800. The lowest BCUT2D eigenvalue weighted by molar-refractivity contribution is -0.0924. The van der Waals surface area contributed by atoms with Crippen molar-refractivity contribution in [1.29, 1.82) is 0 Å². The van der Waals surface area contributed by atoms with E-state index in [-0.39, 0.29) is 0 Å². The number of carbonyl (C=O) groups is 1. The molecule has 7 nitrogen and oxygen atoms in total. The molecule has 0 aliphatic carbocycles. The first kappa shape index (κ1) is 9.20. The molecule has 0 bridgehead atoms. The van der Waals surface area contributed by atoms with Crippen LogP contribution in [0, 0.1) is 0 Å². The topological polar surface area (TPSA) is 104 Å². The molecule has 1 aliphatic heterocycles. The predicted octanol–water partition coefficient (Wildman–Crippen LogP) is -2.74. The lowest BCUT2D eigenvalue weighted by atomic mass is 10.5. The summed E-state index contributed by atoms with van der Waals surface area (Å²) in [5, 5.41) is 35.3. The van der Waals surface area contributed by atoms with Crippen molar-refractivity contribution in [2.24, 2.45) is 0 Å². The molecular weight excluding hydrogens is 168 g/mol. The van der Waals surface area contributed by atoms with Crippen molar-refractivity contribution < 1.29 is 25.2 Å². The Bertz CT molecular complexity index is 169. The molecule has 1 rings (SSSR count). The Morgan fingerprint density at radius 1 is 1.08 bits per heavy atom. The summed E-state index contributed by atoms with van der Waals surface area (Å²) in [4.78, 5) is 12.3. The van der Waals surface area contributed by atoms with Gasteiger partial charge in [0.15, 0.2) is 12.5 Å². The van der Waals surface area contributed by atoms with Crippen molar-refractivity contribution >= 4 is 6.03 Å². The first-order valence-corrected chi connectivity index (χ1v) is 3.28. The Balaban J connectivity index is 2.78. The molecule has 1 heterocycles. The standard InChI is InChI=1S/C5H10N2O5/c8-1-6-3(10)4(11)7(2-9)5(6)12/h3-4,8-11H,1-2H2/t3-,4-/m0/s1. The van der Waals surface area contributed by atoms with Crippen LogP contribution >= 0.6 is 0 Å². The average Bonchev–Trinajstić information content (AvgIpc) is 2.25. The third-order valence-corrected chi connectivity index (χ3v) is 1.70. The molecule has 2 amide bonds. The largest absolute Gasteiger partial charge is 0.376 e. The maximum absolute atomic E-state index is 11.0. The molecule has 0 spiro atoms. The van der Waals surface area contributed by atoms with Crippen LogP contribution in [0.15, 0.2) is 0 Å². The van der Waals surface area contributed by atoms with Crippen molar-refractivity contribution in [3.8, 4) is 0 Å². The smallest absolute Gasteiger partial charge is 0.328 e. The van der Waals surface area contributed by atoms with E-state index in [1.54, 1.807) is 0 Å². The van der Waals surface area contributed by atoms with E-state index in [0.717, 1.165) is 0 Å². The van der Waals surface area contributed by atoms with Gasteiger partial charge in [-0.2, -0.15) is 0 Å². The van der Waals surface area contributed by atoms with Crippen molar-refractivity contribution in [2.45, 2.75) is 12.5 Å². The van der Waals surface area contributed by atoms with Gasteiger partial charge in [-0.3, -0.25) is 9.80 Å². The maximum atomic E-state index is 11.0. The summed E-state index contributed by atoms with van der Waals surface area (Å²) in [7, 11) is 0. The van der Waals surface area contributed by atoms with E-state index >= 15 is 0 Å². The van der Waals surface area contributed by atoms with Crippen molar-refractivity contribution in [3.63, 3.8) is 0 Å². The zero-order chi connectivity index (χ0) is 9.30. The van der Waals surface area contributed by atoms with Crippen LogP contribution in [0.25, 0.3) is 0 Å². The van der Waals surface area contributed by atoms with E-state index in [9.17, 15) is 4.79 Å². The fourth-order valence-electron chi connectivity index (χ4n) is 1.00. The predicted molar refractivity (Wildman–Crippen MR) is 35.3 cm³/mol. The highest BCUT2D eigenvalue weighted by Crippen LogP contribution is 2.17. The van der Waals surface area contributed by atoms with Gasteiger partial charge in [0.05, 0.1) is 0 Å². The highest BCUT2D eigenvalue weighted by molar-refractivity contribution is 5.76. The molecule has 70 valence electrons. The molecular formula is C5H10N2O5. The van der Waals surface area contributed by atoms with Gasteiger partial charge in [-0.15, -0.1) is 0 Å². The first-order chi connectivity index (χ1) is 5.63. The van der Waals surface area contributed by atoms with E-state index in [1.165, 1.54) is 0 Å². The van der Waals surface area contributed by atoms with Crippen molar-refractivity contribution in [2.75, 3.05) is 13.5 Å². The van der Waals surface area contributed by atoms with Gasteiger partial charge >= 0.3 is 6.03 Å². The van der Waals surface area contributed by atoms with Crippen LogP contribution in [0.5, 0.6) is 0 Å². The molecule has 1 saturated heterocycles. The third-order valence-electron chi connectivity index (χ3n) is 1.70. The lowest BCUT2D eigenvalue weighted by Gasteiger charge is -2.15. The van der Waals surface area contributed by atoms with Gasteiger partial charge in [-0.1, -0.05) is 0 Å². The summed E-state index contributed by atoms with van der Waals surface area (Å²) in [6, 6.07) is -0.806. The summed E-state index contributed by atoms with van der Waals surface area (Å²) in [5.74, 6) is 0. The first-order valence-electron chi connectivity index (χ1n) is 3.28. The number of rotatable bonds is 2. The number of aliphatic hydroxyl groups is 4. The molecule has 1 fully saturated rings. The highest BCUT2D eigenvalue weighted by atomic mass is 16.4. The van der Waals surface area contributed by atoms with Gasteiger partial charge in [0.2, 0.25) is 0 Å². The third kappa shape index (κ3) is 1.12. The van der Waals surface area contributed by atoms with E-state index in [0.29, 0.717) is 9.80 Å². The minimum Gasteiger partial charge on any atom is -0.376 e. The number of hydrogen-bond donors (Lipinski definition) is 4.